The van der Waals surface area contributed by atoms with Crippen LogP contribution < -0.4 is 10.2 Å². The minimum atomic E-state index is 0.157. The standard InChI is InChI=1S/C9H11ClN8/c10-7-14-8(17-3-1-11-2-4-17)16-9(15-7)18-6-12-5-13-18/h5-6,11H,1-4H2. The van der Waals surface area contributed by atoms with Crippen molar-refractivity contribution >= 4 is 17.5 Å². The minimum absolute atomic E-state index is 0.157. The molecule has 94 valence electrons. The maximum absolute atomic E-state index is 5.92. The largest absolute Gasteiger partial charge is 0.338 e. The molecule has 0 atom stereocenters. The summed E-state index contributed by atoms with van der Waals surface area (Å²) >= 11 is 5.92. The lowest BCUT2D eigenvalue weighted by atomic mass is 10.4. The van der Waals surface area contributed by atoms with Crippen molar-refractivity contribution in [2.24, 2.45) is 0 Å². The van der Waals surface area contributed by atoms with Crippen LogP contribution in [-0.4, -0.2) is 55.9 Å². The fourth-order valence-corrected chi connectivity index (χ4v) is 1.90. The van der Waals surface area contributed by atoms with Gasteiger partial charge in [0, 0.05) is 26.2 Å². The fourth-order valence-electron chi connectivity index (χ4n) is 1.75. The number of rotatable bonds is 2. The first-order valence-electron chi connectivity index (χ1n) is 5.55. The average Bonchev–Trinajstić information content (AvgIpc) is 2.93. The Labute approximate surface area is 108 Å². The summed E-state index contributed by atoms with van der Waals surface area (Å²) in [7, 11) is 0. The smallest absolute Gasteiger partial charge is 0.258 e. The number of halogens is 1. The lowest BCUT2D eigenvalue weighted by molar-refractivity contribution is 0.577. The second-order valence-corrected chi connectivity index (χ2v) is 4.12. The molecule has 9 heteroatoms. The molecule has 2 aromatic rings. The topological polar surface area (TPSA) is 84.7 Å². The molecule has 0 aliphatic carbocycles. The highest BCUT2D eigenvalue weighted by Crippen LogP contribution is 2.13. The molecule has 1 aliphatic heterocycles. The Balaban J connectivity index is 1.95. The van der Waals surface area contributed by atoms with Crippen LogP contribution in [0.3, 0.4) is 0 Å². The van der Waals surface area contributed by atoms with Crippen molar-refractivity contribution < 1.29 is 0 Å². The highest BCUT2D eigenvalue weighted by molar-refractivity contribution is 6.28. The zero-order valence-corrected chi connectivity index (χ0v) is 10.2. The third kappa shape index (κ3) is 2.24. The van der Waals surface area contributed by atoms with Gasteiger partial charge in [0.05, 0.1) is 0 Å². The van der Waals surface area contributed by atoms with Crippen LogP contribution in [0.2, 0.25) is 5.28 Å². The maximum Gasteiger partial charge on any atom is 0.258 e. The number of nitrogens with zero attached hydrogens (tertiary/aromatic N) is 7. The first-order valence-corrected chi connectivity index (χ1v) is 5.93. The summed E-state index contributed by atoms with van der Waals surface area (Å²) < 4.78 is 1.46. The molecule has 3 rings (SSSR count). The van der Waals surface area contributed by atoms with E-state index in [1.54, 1.807) is 0 Å². The number of aromatic nitrogens is 6. The monoisotopic (exact) mass is 266 g/mol. The van der Waals surface area contributed by atoms with Gasteiger partial charge in [0.25, 0.3) is 5.95 Å². The van der Waals surface area contributed by atoms with Crippen molar-refractivity contribution in [3.8, 4) is 5.95 Å². The molecule has 2 aromatic heterocycles. The fraction of sp³-hybridized carbons (Fsp3) is 0.444. The van der Waals surface area contributed by atoms with E-state index in [0.29, 0.717) is 11.9 Å². The maximum atomic E-state index is 5.92. The van der Waals surface area contributed by atoms with Crippen LogP contribution >= 0.6 is 11.6 Å². The third-order valence-corrected chi connectivity index (χ3v) is 2.78. The van der Waals surface area contributed by atoms with Gasteiger partial charge in [0.15, 0.2) is 0 Å². The second-order valence-electron chi connectivity index (χ2n) is 3.78. The van der Waals surface area contributed by atoms with Gasteiger partial charge in [0.2, 0.25) is 11.2 Å². The molecule has 1 saturated heterocycles. The molecule has 0 bridgehead atoms. The van der Waals surface area contributed by atoms with Gasteiger partial charge in [-0.15, -0.1) is 0 Å². The highest BCUT2D eigenvalue weighted by Gasteiger charge is 2.16. The Hall–Kier alpha value is -1.80. The zero-order chi connectivity index (χ0) is 12.4. The second kappa shape index (κ2) is 4.83. The van der Waals surface area contributed by atoms with Crippen molar-refractivity contribution in [2.75, 3.05) is 31.1 Å². The Morgan fingerprint density at radius 3 is 2.61 bits per heavy atom. The van der Waals surface area contributed by atoms with Crippen molar-refractivity contribution in [3.05, 3.63) is 17.9 Å². The molecule has 18 heavy (non-hydrogen) atoms. The molecule has 1 N–H and O–H groups in total. The van der Waals surface area contributed by atoms with Gasteiger partial charge in [-0.2, -0.15) is 24.7 Å². The Bertz CT molecular complexity index is 521. The van der Waals surface area contributed by atoms with Crippen LogP contribution in [-0.2, 0) is 0 Å². The summed E-state index contributed by atoms with van der Waals surface area (Å²) in [5.74, 6) is 0.947. The van der Waals surface area contributed by atoms with Crippen LogP contribution in [0, 0.1) is 0 Å². The molecular formula is C9H11ClN8. The summed E-state index contributed by atoms with van der Waals surface area (Å²) in [4.78, 5) is 18.4. The third-order valence-electron chi connectivity index (χ3n) is 2.61. The number of nitrogens with one attached hydrogen (secondary N) is 1. The van der Waals surface area contributed by atoms with E-state index in [0.717, 1.165) is 26.2 Å². The van der Waals surface area contributed by atoms with Crippen LogP contribution in [0.1, 0.15) is 0 Å². The number of hydrogen-bond donors (Lipinski definition) is 1. The molecule has 3 heterocycles. The lowest BCUT2D eigenvalue weighted by Crippen LogP contribution is -2.44. The van der Waals surface area contributed by atoms with E-state index in [1.807, 2.05) is 0 Å². The van der Waals surface area contributed by atoms with E-state index >= 15 is 0 Å². The van der Waals surface area contributed by atoms with E-state index in [9.17, 15) is 0 Å². The summed E-state index contributed by atoms with van der Waals surface area (Å²) in [6.45, 7) is 3.50. The van der Waals surface area contributed by atoms with Crippen molar-refractivity contribution in [2.45, 2.75) is 0 Å². The normalized spacial score (nSPS) is 15.9. The van der Waals surface area contributed by atoms with E-state index < -0.39 is 0 Å². The molecule has 0 aromatic carbocycles. The number of hydrogen-bond acceptors (Lipinski definition) is 7. The zero-order valence-electron chi connectivity index (χ0n) is 9.49. The van der Waals surface area contributed by atoms with Gasteiger partial charge < -0.3 is 10.2 Å². The van der Waals surface area contributed by atoms with Crippen LogP contribution in [0.25, 0.3) is 5.95 Å². The van der Waals surface area contributed by atoms with Gasteiger partial charge in [-0.1, -0.05) is 0 Å². The molecule has 0 saturated carbocycles. The van der Waals surface area contributed by atoms with Crippen molar-refractivity contribution in [1.82, 2.24) is 35.0 Å². The molecule has 8 nitrogen and oxygen atoms in total. The molecule has 0 spiro atoms. The molecule has 1 fully saturated rings. The highest BCUT2D eigenvalue weighted by atomic mass is 35.5. The molecular weight excluding hydrogens is 256 g/mol. The first kappa shape index (κ1) is 11.3. The van der Waals surface area contributed by atoms with Crippen LogP contribution in [0.15, 0.2) is 12.7 Å². The average molecular weight is 267 g/mol. The van der Waals surface area contributed by atoms with Crippen molar-refractivity contribution in [1.29, 1.82) is 0 Å². The van der Waals surface area contributed by atoms with E-state index in [4.69, 9.17) is 11.6 Å². The summed E-state index contributed by atoms with van der Waals surface area (Å²) in [6.07, 6.45) is 2.94. The molecule has 0 amide bonds. The van der Waals surface area contributed by atoms with Gasteiger partial charge in [-0.3, -0.25) is 0 Å². The molecule has 0 unspecified atom stereocenters. The predicted octanol–water partition coefficient (Wildman–Crippen LogP) is -0.485. The Morgan fingerprint density at radius 2 is 1.89 bits per heavy atom. The Morgan fingerprint density at radius 1 is 1.11 bits per heavy atom. The summed E-state index contributed by atoms with van der Waals surface area (Å²) in [5.41, 5.74) is 0. The van der Waals surface area contributed by atoms with E-state index in [1.165, 1.54) is 17.3 Å². The molecule has 1 aliphatic rings. The van der Waals surface area contributed by atoms with Crippen molar-refractivity contribution in [3.63, 3.8) is 0 Å². The summed E-state index contributed by atoms with van der Waals surface area (Å²) in [5, 5.41) is 7.40. The number of anilines is 1. The number of piperazine rings is 1. The van der Waals surface area contributed by atoms with E-state index in [2.05, 4.69) is 35.3 Å². The summed E-state index contributed by atoms with van der Waals surface area (Å²) in [6, 6.07) is 0. The minimum Gasteiger partial charge on any atom is -0.338 e. The quantitative estimate of drug-likeness (QED) is 0.785. The van der Waals surface area contributed by atoms with Crippen LogP contribution in [0.4, 0.5) is 5.95 Å². The van der Waals surface area contributed by atoms with Gasteiger partial charge in [0.1, 0.15) is 12.7 Å². The van der Waals surface area contributed by atoms with Gasteiger partial charge >= 0.3 is 0 Å². The first-order chi connectivity index (χ1) is 8.83. The van der Waals surface area contributed by atoms with Gasteiger partial charge in [-0.25, -0.2) is 4.98 Å². The lowest BCUT2D eigenvalue weighted by Gasteiger charge is -2.27. The van der Waals surface area contributed by atoms with Crippen LogP contribution in [0.5, 0.6) is 0 Å². The van der Waals surface area contributed by atoms with E-state index in [-0.39, 0.29) is 5.28 Å². The SMILES string of the molecule is Clc1nc(N2CCNCC2)nc(-n2cncn2)n1. The predicted molar refractivity (Wildman–Crippen MR) is 64.8 cm³/mol. The Kier molecular flexibility index (Phi) is 3.03. The van der Waals surface area contributed by atoms with Gasteiger partial charge in [-0.05, 0) is 11.6 Å². The molecule has 0 radical (unpaired) electrons.